The molecule has 5 heteroatoms. The van der Waals surface area contributed by atoms with E-state index in [0.717, 1.165) is 0 Å². The van der Waals surface area contributed by atoms with E-state index in [2.05, 4.69) is 11.2 Å². The Bertz CT molecular complexity index is 409. The van der Waals surface area contributed by atoms with Crippen molar-refractivity contribution < 1.29 is 9.90 Å². The van der Waals surface area contributed by atoms with Gasteiger partial charge in [-0.1, -0.05) is 0 Å². The zero-order valence-corrected chi connectivity index (χ0v) is 10.5. The largest absolute Gasteiger partial charge is 0.388 e. The lowest BCUT2D eigenvalue weighted by molar-refractivity contribution is -0.139. The molecular formula is C12H18N3O2. The standard InChI is InChI=1S/C12H18N3O2/c1-11(2,15-7-4-6-13-15)10(16)14-8-5-12(3,17)9-14/h6-7,17H,5,8-9H2,1-3H3. The maximum Gasteiger partial charge on any atom is 0.250 e. The maximum atomic E-state index is 12.4. The van der Waals surface area contributed by atoms with Gasteiger partial charge in [-0.15, -0.1) is 0 Å². The van der Waals surface area contributed by atoms with Gasteiger partial charge in [0.25, 0.3) is 0 Å². The topological polar surface area (TPSA) is 58.4 Å². The molecule has 1 unspecified atom stereocenters. The van der Waals surface area contributed by atoms with Crippen molar-refractivity contribution in [3.05, 3.63) is 18.5 Å². The van der Waals surface area contributed by atoms with Crippen molar-refractivity contribution in [2.45, 2.75) is 38.3 Å². The molecule has 1 aromatic heterocycles. The smallest absolute Gasteiger partial charge is 0.250 e. The fraction of sp³-hybridized carbons (Fsp3) is 0.667. The van der Waals surface area contributed by atoms with E-state index in [1.807, 2.05) is 13.8 Å². The fourth-order valence-electron chi connectivity index (χ4n) is 2.14. The van der Waals surface area contributed by atoms with E-state index in [1.54, 1.807) is 22.7 Å². The molecule has 2 rings (SSSR count). The molecule has 1 aliphatic rings. The van der Waals surface area contributed by atoms with E-state index in [0.29, 0.717) is 19.5 Å². The molecular weight excluding hydrogens is 218 g/mol. The van der Waals surface area contributed by atoms with Crippen LogP contribution >= 0.6 is 0 Å². The molecule has 1 N–H and O–H groups in total. The Morgan fingerprint density at radius 3 is 2.76 bits per heavy atom. The van der Waals surface area contributed by atoms with E-state index >= 15 is 0 Å². The van der Waals surface area contributed by atoms with E-state index in [9.17, 15) is 9.90 Å². The molecule has 1 radical (unpaired) electrons. The number of rotatable bonds is 2. The first-order valence-corrected chi connectivity index (χ1v) is 5.76. The van der Waals surface area contributed by atoms with Crippen LogP contribution in [0.1, 0.15) is 27.2 Å². The predicted molar refractivity (Wildman–Crippen MR) is 62.2 cm³/mol. The lowest BCUT2D eigenvalue weighted by Crippen LogP contribution is -2.47. The Morgan fingerprint density at radius 1 is 1.59 bits per heavy atom. The molecule has 0 saturated carbocycles. The molecule has 1 amide bonds. The van der Waals surface area contributed by atoms with Crippen LogP contribution in [0.4, 0.5) is 0 Å². The molecule has 1 fully saturated rings. The molecule has 1 saturated heterocycles. The minimum Gasteiger partial charge on any atom is -0.388 e. The predicted octanol–water partition coefficient (Wildman–Crippen LogP) is 0.402. The second-order valence-corrected chi connectivity index (χ2v) is 5.42. The van der Waals surface area contributed by atoms with E-state index in [4.69, 9.17) is 0 Å². The van der Waals surface area contributed by atoms with E-state index in [-0.39, 0.29) is 5.91 Å². The van der Waals surface area contributed by atoms with Crippen molar-refractivity contribution in [3.63, 3.8) is 0 Å². The van der Waals surface area contributed by atoms with Crippen molar-refractivity contribution in [2.75, 3.05) is 13.1 Å². The van der Waals surface area contributed by atoms with Gasteiger partial charge in [-0.05, 0) is 27.2 Å². The molecule has 2 heterocycles. The quantitative estimate of drug-likeness (QED) is 0.808. The fourth-order valence-corrected chi connectivity index (χ4v) is 2.14. The van der Waals surface area contributed by atoms with E-state index in [1.165, 1.54) is 6.20 Å². The normalized spacial score (nSPS) is 25.3. The van der Waals surface area contributed by atoms with Crippen LogP contribution in [0.2, 0.25) is 0 Å². The molecule has 0 spiro atoms. The molecule has 5 nitrogen and oxygen atoms in total. The summed E-state index contributed by atoms with van der Waals surface area (Å²) in [4.78, 5) is 14.1. The number of hydrogen-bond donors (Lipinski definition) is 1. The maximum absolute atomic E-state index is 12.4. The minimum atomic E-state index is -0.762. The Labute approximate surface area is 101 Å². The van der Waals surface area contributed by atoms with Crippen LogP contribution < -0.4 is 0 Å². The number of amides is 1. The van der Waals surface area contributed by atoms with Gasteiger partial charge in [0.1, 0.15) is 5.54 Å². The second-order valence-electron chi connectivity index (χ2n) is 5.42. The summed E-state index contributed by atoms with van der Waals surface area (Å²) < 4.78 is 1.60. The Kier molecular flexibility index (Phi) is 2.73. The first-order chi connectivity index (χ1) is 7.83. The molecule has 17 heavy (non-hydrogen) atoms. The number of carbonyl (C=O) groups is 1. The van der Waals surface area contributed by atoms with Crippen LogP contribution in [0.15, 0.2) is 12.4 Å². The van der Waals surface area contributed by atoms with E-state index < -0.39 is 11.1 Å². The summed E-state index contributed by atoms with van der Waals surface area (Å²) in [5.74, 6) is -0.0209. The molecule has 0 aliphatic carbocycles. The van der Waals surface area contributed by atoms with Crippen molar-refractivity contribution in [2.24, 2.45) is 0 Å². The van der Waals surface area contributed by atoms with Gasteiger partial charge >= 0.3 is 0 Å². The van der Waals surface area contributed by atoms with Crippen LogP contribution in [-0.2, 0) is 10.3 Å². The highest BCUT2D eigenvalue weighted by Crippen LogP contribution is 2.25. The van der Waals surface area contributed by atoms with Gasteiger partial charge < -0.3 is 10.0 Å². The number of aromatic nitrogens is 2. The lowest BCUT2D eigenvalue weighted by atomic mass is 10.0. The van der Waals surface area contributed by atoms with Crippen LogP contribution in [0.5, 0.6) is 0 Å². The van der Waals surface area contributed by atoms with Crippen molar-refractivity contribution in [1.82, 2.24) is 14.7 Å². The number of carbonyl (C=O) groups excluding carboxylic acids is 1. The van der Waals surface area contributed by atoms with Gasteiger partial charge in [-0.3, -0.25) is 9.48 Å². The highest BCUT2D eigenvalue weighted by molar-refractivity contribution is 5.84. The zero-order chi connectivity index (χ0) is 12.7. The average molecular weight is 236 g/mol. The van der Waals surface area contributed by atoms with Crippen LogP contribution in [0, 0.1) is 6.07 Å². The van der Waals surface area contributed by atoms with Gasteiger partial charge in [-0.2, -0.15) is 5.10 Å². The number of nitrogens with zero attached hydrogens (tertiary/aromatic N) is 3. The number of β-amino-alcohol motifs (C(OH)–C–C–N with tert-alkyl or cyclic N) is 1. The highest BCUT2D eigenvalue weighted by atomic mass is 16.3. The van der Waals surface area contributed by atoms with Gasteiger partial charge in [-0.25, -0.2) is 0 Å². The summed E-state index contributed by atoms with van der Waals surface area (Å²) in [7, 11) is 0. The summed E-state index contributed by atoms with van der Waals surface area (Å²) >= 11 is 0. The summed E-state index contributed by atoms with van der Waals surface area (Å²) in [6, 6.07) is 2.83. The van der Waals surface area contributed by atoms with Crippen molar-refractivity contribution in [1.29, 1.82) is 0 Å². The van der Waals surface area contributed by atoms with Crippen LogP contribution in [0.25, 0.3) is 0 Å². The van der Waals surface area contributed by atoms with Gasteiger partial charge in [0, 0.05) is 25.4 Å². The van der Waals surface area contributed by atoms with Gasteiger partial charge in [0.15, 0.2) is 0 Å². The molecule has 93 valence electrons. The number of likely N-dealkylation sites (tertiary alicyclic amines) is 1. The van der Waals surface area contributed by atoms with Crippen molar-refractivity contribution >= 4 is 5.91 Å². The lowest BCUT2D eigenvalue weighted by Gasteiger charge is -2.30. The molecule has 0 bridgehead atoms. The Hall–Kier alpha value is -1.36. The SMILES string of the molecule is CC1(O)CCN(C(=O)C(C)(C)n2c[c]cn2)C1. The summed E-state index contributed by atoms with van der Waals surface area (Å²) in [5.41, 5.74) is -1.50. The van der Waals surface area contributed by atoms with Gasteiger partial charge in [0.2, 0.25) is 5.91 Å². The third-order valence-corrected chi connectivity index (χ3v) is 3.29. The molecule has 1 aliphatic heterocycles. The zero-order valence-electron chi connectivity index (χ0n) is 10.5. The summed E-state index contributed by atoms with van der Waals surface area (Å²) in [5, 5.41) is 14.0. The molecule has 1 aromatic rings. The van der Waals surface area contributed by atoms with Crippen LogP contribution in [-0.4, -0.2) is 44.4 Å². The first-order valence-electron chi connectivity index (χ1n) is 5.76. The Morgan fingerprint density at radius 2 is 2.29 bits per heavy atom. The minimum absolute atomic E-state index is 0.0209. The molecule has 0 aromatic carbocycles. The third-order valence-electron chi connectivity index (χ3n) is 3.29. The molecule has 1 atom stereocenters. The monoisotopic (exact) mass is 236 g/mol. The number of aliphatic hydroxyl groups is 1. The average Bonchev–Trinajstić information content (AvgIpc) is 2.85. The Balaban J connectivity index is 2.16. The van der Waals surface area contributed by atoms with Gasteiger partial charge in [0.05, 0.1) is 11.8 Å². The first kappa shape index (κ1) is 12.1. The van der Waals surface area contributed by atoms with Crippen LogP contribution in [0.3, 0.4) is 0 Å². The highest BCUT2D eigenvalue weighted by Gasteiger charge is 2.40. The summed E-state index contributed by atoms with van der Waals surface area (Å²) in [6.45, 7) is 6.39. The third kappa shape index (κ3) is 2.20. The number of hydrogen-bond acceptors (Lipinski definition) is 3. The second kappa shape index (κ2) is 3.84. The van der Waals surface area contributed by atoms with Crippen molar-refractivity contribution in [3.8, 4) is 0 Å². The summed E-state index contributed by atoms with van der Waals surface area (Å²) in [6.07, 6.45) is 3.82.